The van der Waals surface area contributed by atoms with Crippen LogP contribution in [0.25, 0.3) is 77.9 Å². The molecule has 10 aromatic carbocycles. The second-order valence-corrected chi connectivity index (χ2v) is 15.6. The summed E-state index contributed by atoms with van der Waals surface area (Å²) >= 11 is 0. The Morgan fingerprint density at radius 1 is 0.177 bits per heavy atom. The van der Waals surface area contributed by atoms with E-state index in [1.54, 1.807) is 0 Å². The molecule has 0 aliphatic rings. The van der Waals surface area contributed by atoms with Crippen LogP contribution in [0.1, 0.15) is 0 Å². The van der Waals surface area contributed by atoms with Gasteiger partial charge in [-0.1, -0.05) is 194 Å². The molecular weight excluding hydrogens is 749 g/mol. The van der Waals surface area contributed by atoms with Crippen molar-refractivity contribution in [3.8, 4) is 77.9 Å². The van der Waals surface area contributed by atoms with Crippen LogP contribution in [-0.4, -0.2) is 0 Å². The van der Waals surface area contributed by atoms with E-state index in [2.05, 4.69) is 265 Å². The van der Waals surface area contributed by atoms with Crippen LogP contribution < -0.4 is 10.6 Å². The van der Waals surface area contributed by atoms with Crippen LogP contribution in [0.3, 0.4) is 0 Å². The molecule has 62 heavy (non-hydrogen) atoms. The minimum Gasteiger partial charge on any atom is -0.355 e. The minimum absolute atomic E-state index is 1.03. The Morgan fingerprint density at radius 2 is 0.516 bits per heavy atom. The normalized spacial score (nSPS) is 10.9. The quantitative estimate of drug-likeness (QED) is 0.136. The zero-order valence-corrected chi connectivity index (χ0v) is 34.2. The third kappa shape index (κ3) is 8.45. The van der Waals surface area contributed by atoms with Crippen LogP contribution in [0.2, 0.25) is 0 Å². The van der Waals surface area contributed by atoms with Gasteiger partial charge in [0, 0.05) is 33.9 Å². The first-order chi connectivity index (χ1) is 30.7. The Hall–Kier alpha value is -8.20. The van der Waals surface area contributed by atoms with Crippen molar-refractivity contribution in [3.63, 3.8) is 0 Å². The highest BCUT2D eigenvalue weighted by Gasteiger charge is 2.14. The summed E-state index contributed by atoms with van der Waals surface area (Å²) in [5.41, 5.74) is 20.4. The highest BCUT2D eigenvalue weighted by Crippen LogP contribution is 2.40. The van der Waals surface area contributed by atoms with Gasteiger partial charge < -0.3 is 10.6 Å². The summed E-state index contributed by atoms with van der Waals surface area (Å²) in [5, 5.41) is 7.69. The molecule has 0 aromatic heterocycles. The number of benzene rings is 10. The van der Waals surface area contributed by atoms with Crippen LogP contribution in [0.4, 0.5) is 22.7 Å². The second-order valence-electron chi connectivity index (χ2n) is 15.6. The standard InChI is InChI=1S/C60H44N2/c1-6-19-43(20-7-1)51-36-52(44-21-8-2-9-22-44)39-55(38-51)61-59-32-17-16-31-57(59)50-30-18-29-48(35-50)49-33-34-60(58(42-49)47-27-14-5-15-28-47)62-56-40-53(45-23-10-3-11-24-45)37-54(41-56)46-25-12-4-13-26-46/h1-42,61-62H. The molecule has 0 saturated heterocycles. The molecule has 0 spiro atoms. The summed E-state index contributed by atoms with van der Waals surface area (Å²) in [4.78, 5) is 0. The smallest absolute Gasteiger partial charge is 0.0464 e. The molecule has 10 aromatic rings. The lowest BCUT2D eigenvalue weighted by molar-refractivity contribution is 1.50. The van der Waals surface area contributed by atoms with E-state index in [-0.39, 0.29) is 0 Å². The lowest BCUT2D eigenvalue weighted by Crippen LogP contribution is -1.96. The summed E-state index contributed by atoms with van der Waals surface area (Å²) in [7, 11) is 0. The highest BCUT2D eigenvalue weighted by atomic mass is 14.9. The Balaban J connectivity index is 1.01. The first-order valence-electron chi connectivity index (χ1n) is 21.2. The first kappa shape index (κ1) is 38.0. The van der Waals surface area contributed by atoms with Crippen LogP contribution in [0.5, 0.6) is 0 Å². The predicted octanol–water partition coefficient (Wildman–Crippen LogP) is 16.8. The van der Waals surface area contributed by atoms with Crippen molar-refractivity contribution in [2.45, 2.75) is 0 Å². The summed E-state index contributed by atoms with van der Waals surface area (Å²) < 4.78 is 0. The molecule has 294 valence electrons. The van der Waals surface area contributed by atoms with Gasteiger partial charge in [0.2, 0.25) is 0 Å². The maximum Gasteiger partial charge on any atom is 0.0464 e. The molecule has 2 N–H and O–H groups in total. The molecule has 0 saturated carbocycles. The Morgan fingerprint density at radius 3 is 0.984 bits per heavy atom. The maximum atomic E-state index is 3.86. The van der Waals surface area contributed by atoms with E-state index in [9.17, 15) is 0 Å². The highest BCUT2D eigenvalue weighted by molar-refractivity contribution is 5.90. The third-order valence-corrected chi connectivity index (χ3v) is 11.4. The van der Waals surface area contributed by atoms with Gasteiger partial charge >= 0.3 is 0 Å². The van der Waals surface area contributed by atoms with E-state index in [0.29, 0.717) is 0 Å². The summed E-state index contributed by atoms with van der Waals surface area (Å²) in [6, 6.07) is 90.9. The van der Waals surface area contributed by atoms with Gasteiger partial charge in [0.15, 0.2) is 0 Å². The van der Waals surface area contributed by atoms with Crippen molar-refractivity contribution in [1.82, 2.24) is 0 Å². The maximum absolute atomic E-state index is 3.86. The van der Waals surface area contributed by atoms with Gasteiger partial charge in [-0.2, -0.15) is 0 Å². The number of rotatable bonds is 11. The Labute approximate surface area is 364 Å². The molecule has 0 amide bonds. The van der Waals surface area contributed by atoms with Crippen molar-refractivity contribution < 1.29 is 0 Å². The number of nitrogens with one attached hydrogen (secondary N) is 2. The minimum atomic E-state index is 1.03. The van der Waals surface area contributed by atoms with E-state index in [4.69, 9.17) is 0 Å². The van der Waals surface area contributed by atoms with Gasteiger partial charge in [-0.3, -0.25) is 0 Å². The second kappa shape index (κ2) is 17.6. The predicted molar refractivity (Wildman–Crippen MR) is 264 cm³/mol. The van der Waals surface area contributed by atoms with E-state index >= 15 is 0 Å². The molecular formula is C60H44N2. The largest absolute Gasteiger partial charge is 0.355 e. The van der Waals surface area contributed by atoms with Gasteiger partial charge in [0.1, 0.15) is 0 Å². The van der Waals surface area contributed by atoms with E-state index in [1.807, 2.05) is 0 Å². The molecule has 0 atom stereocenters. The molecule has 0 unspecified atom stereocenters. The van der Waals surface area contributed by atoms with Crippen molar-refractivity contribution in [3.05, 3.63) is 255 Å². The van der Waals surface area contributed by atoms with E-state index in [0.717, 1.165) is 56.1 Å². The Bertz CT molecular complexity index is 2970. The first-order valence-corrected chi connectivity index (χ1v) is 21.2. The summed E-state index contributed by atoms with van der Waals surface area (Å²) in [6.07, 6.45) is 0. The monoisotopic (exact) mass is 792 g/mol. The van der Waals surface area contributed by atoms with Crippen molar-refractivity contribution >= 4 is 22.7 Å². The lowest BCUT2D eigenvalue weighted by atomic mass is 9.94. The van der Waals surface area contributed by atoms with Crippen molar-refractivity contribution in [2.75, 3.05) is 10.6 Å². The molecule has 0 radical (unpaired) electrons. The SMILES string of the molecule is c1ccc(-c2cc(Nc3ccccc3-c3cccc(-c4ccc(Nc5cc(-c6ccccc6)cc(-c6ccccc6)c5)c(-c5ccccc5)c4)c3)cc(-c3ccccc3)c2)cc1. The van der Waals surface area contributed by atoms with Crippen LogP contribution >= 0.6 is 0 Å². The van der Waals surface area contributed by atoms with E-state index in [1.165, 1.54) is 44.5 Å². The molecule has 2 nitrogen and oxygen atoms in total. The van der Waals surface area contributed by atoms with Gasteiger partial charge in [-0.05, 0) is 127 Å². The van der Waals surface area contributed by atoms with Crippen LogP contribution in [-0.2, 0) is 0 Å². The molecule has 0 heterocycles. The summed E-state index contributed by atoms with van der Waals surface area (Å²) in [5.74, 6) is 0. The Kier molecular flexibility index (Phi) is 10.8. The van der Waals surface area contributed by atoms with Crippen molar-refractivity contribution in [2.24, 2.45) is 0 Å². The summed E-state index contributed by atoms with van der Waals surface area (Å²) in [6.45, 7) is 0. The third-order valence-electron chi connectivity index (χ3n) is 11.4. The number of anilines is 4. The number of hydrogen-bond donors (Lipinski definition) is 2. The van der Waals surface area contributed by atoms with Crippen LogP contribution in [0, 0.1) is 0 Å². The number of hydrogen-bond acceptors (Lipinski definition) is 2. The van der Waals surface area contributed by atoms with Crippen LogP contribution in [0.15, 0.2) is 255 Å². The molecule has 2 heteroatoms. The molecule has 10 rings (SSSR count). The van der Waals surface area contributed by atoms with Gasteiger partial charge in [-0.15, -0.1) is 0 Å². The molecule has 0 aliphatic heterocycles. The fraction of sp³-hybridized carbons (Fsp3) is 0. The fourth-order valence-corrected chi connectivity index (χ4v) is 8.30. The topological polar surface area (TPSA) is 24.1 Å². The van der Waals surface area contributed by atoms with Gasteiger partial charge in [0.05, 0.1) is 0 Å². The van der Waals surface area contributed by atoms with Crippen molar-refractivity contribution in [1.29, 1.82) is 0 Å². The number of para-hydroxylation sites is 1. The molecule has 0 aliphatic carbocycles. The zero-order valence-electron chi connectivity index (χ0n) is 34.2. The lowest BCUT2D eigenvalue weighted by Gasteiger charge is -2.18. The average Bonchev–Trinajstić information content (AvgIpc) is 3.35. The van der Waals surface area contributed by atoms with E-state index < -0.39 is 0 Å². The average molecular weight is 793 g/mol. The zero-order chi connectivity index (χ0) is 41.5. The fourth-order valence-electron chi connectivity index (χ4n) is 8.30. The molecule has 0 bridgehead atoms. The molecule has 0 fully saturated rings. The van der Waals surface area contributed by atoms with Gasteiger partial charge in [-0.25, -0.2) is 0 Å². The van der Waals surface area contributed by atoms with Gasteiger partial charge in [0.25, 0.3) is 0 Å².